The van der Waals surface area contributed by atoms with E-state index in [-0.39, 0.29) is 24.3 Å². The lowest BCUT2D eigenvalue weighted by Gasteiger charge is -2.32. The fourth-order valence-corrected chi connectivity index (χ4v) is 4.94. The second-order valence-electron chi connectivity index (χ2n) is 8.44. The predicted octanol–water partition coefficient (Wildman–Crippen LogP) is 4.82. The molecule has 5 nitrogen and oxygen atoms in total. The van der Waals surface area contributed by atoms with Gasteiger partial charge in [0.15, 0.2) is 0 Å². The van der Waals surface area contributed by atoms with Gasteiger partial charge in [0, 0.05) is 29.9 Å². The number of hydrogen-bond donors (Lipinski definition) is 1. The molecular formula is C26H29N3O2S. The van der Waals surface area contributed by atoms with Gasteiger partial charge in [-0.2, -0.15) is 0 Å². The lowest BCUT2D eigenvalue weighted by atomic mass is 10.0. The number of carbonyl (C=O) groups excluding carboxylic acids is 2. The van der Waals surface area contributed by atoms with Gasteiger partial charge < -0.3 is 10.2 Å². The lowest BCUT2D eigenvalue weighted by Crippen LogP contribution is -2.46. The van der Waals surface area contributed by atoms with Crippen molar-refractivity contribution in [2.24, 2.45) is 0 Å². The van der Waals surface area contributed by atoms with Crippen molar-refractivity contribution in [2.75, 3.05) is 0 Å². The van der Waals surface area contributed by atoms with Gasteiger partial charge in [0.2, 0.25) is 11.8 Å². The number of rotatable bonds is 8. The molecule has 4 rings (SSSR count). The molecule has 32 heavy (non-hydrogen) atoms. The van der Waals surface area contributed by atoms with Crippen LogP contribution in [-0.4, -0.2) is 27.7 Å². The van der Waals surface area contributed by atoms with Gasteiger partial charge in [-0.3, -0.25) is 14.6 Å². The van der Waals surface area contributed by atoms with E-state index in [4.69, 9.17) is 0 Å². The van der Waals surface area contributed by atoms with Crippen LogP contribution in [0.1, 0.15) is 53.3 Å². The van der Waals surface area contributed by atoms with Gasteiger partial charge in [-0.25, -0.2) is 0 Å². The molecule has 0 spiro atoms. The fourth-order valence-electron chi connectivity index (χ4n) is 4.25. The van der Waals surface area contributed by atoms with E-state index in [0.29, 0.717) is 6.54 Å². The molecule has 1 atom stereocenters. The molecule has 1 N–H and O–H groups in total. The van der Waals surface area contributed by atoms with Gasteiger partial charge in [-0.05, 0) is 54.5 Å². The Morgan fingerprint density at radius 1 is 1.09 bits per heavy atom. The zero-order valence-corrected chi connectivity index (χ0v) is 19.2. The summed E-state index contributed by atoms with van der Waals surface area (Å²) in [5, 5.41) is 5.19. The van der Waals surface area contributed by atoms with Crippen molar-refractivity contribution in [3.63, 3.8) is 0 Å². The summed E-state index contributed by atoms with van der Waals surface area (Å²) in [5.41, 5.74) is 2.94. The summed E-state index contributed by atoms with van der Waals surface area (Å²) in [6.07, 6.45) is 7.90. The molecule has 166 valence electrons. The normalized spacial score (nSPS) is 14.8. The summed E-state index contributed by atoms with van der Waals surface area (Å²) < 4.78 is 0. The molecule has 0 bridgehead atoms. The van der Waals surface area contributed by atoms with E-state index >= 15 is 0 Å². The monoisotopic (exact) mass is 447 g/mol. The van der Waals surface area contributed by atoms with Gasteiger partial charge in [0.25, 0.3) is 0 Å². The minimum atomic E-state index is -0.702. The van der Waals surface area contributed by atoms with E-state index < -0.39 is 6.04 Å². The second-order valence-corrected chi connectivity index (χ2v) is 9.47. The van der Waals surface area contributed by atoms with E-state index in [2.05, 4.69) is 10.3 Å². The third kappa shape index (κ3) is 5.62. The van der Waals surface area contributed by atoms with E-state index in [1.807, 2.05) is 60.8 Å². The molecule has 0 saturated heterocycles. The Morgan fingerprint density at radius 2 is 1.81 bits per heavy atom. The molecule has 3 aromatic rings. The van der Waals surface area contributed by atoms with Gasteiger partial charge >= 0.3 is 0 Å². The molecule has 2 aromatic heterocycles. The maximum absolute atomic E-state index is 13.6. The summed E-state index contributed by atoms with van der Waals surface area (Å²) in [6.45, 7) is 2.41. The minimum absolute atomic E-state index is 0.0589. The minimum Gasteiger partial charge on any atom is -0.351 e. The Labute approximate surface area is 193 Å². The Morgan fingerprint density at radius 3 is 2.47 bits per heavy atom. The van der Waals surface area contributed by atoms with Gasteiger partial charge in [0.05, 0.1) is 6.42 Å². The van der Waals surface area contributed by atoms with Crippen molar-refractivity contribution < 1.29 is 9.59 Å². The van der Waals surface area contributed by atoms with Gasteiger partial charge in [-0.15, -0.1) is 11.3 Å². The van der Waals surface area contributed by atoms with Crippen LogP contribution >= 0.6 is 11.3 Å². The van der Waals surface area contributed by atoms with Crippen LogP contribution in [0.15, 0.2) is 66.3 Å². The first-order chi connectivity index (χ1) is 15.6. The van der Waals surface area contributed by atoms with E-state index in [0.717, 1.165) is 47.3 Å². The molecule has 1 aliphatic carbocycles. The number of nitrogens with zero attached hydrogens (tertiary/aromatic N) is 2. The number of nitrogens with one attached hydrogen (secondary N) is 1. The largest absolute Gasteiger partial charge is 0.351 e. The average molecular weight is 448 g/mol. The maximum atomic E-state index is 13.6. The van der Waals surface area contributed by atoms with Gasteiger partial charge in [-0.1, -0.05) is 48.7 Å². The summed E-state index contributed by atoms with van der Waals surface area (Å²) in [4.78, 5) is 34.0. The zero-order valence-electron chi connectivity index (χ0n) is 18.4. The Bertz CT molecular complexity index is 1010. The molecule has 1 saturated carbocycles. The molecule has 0 unspecified atom stereocenters. The van der Waals surface area contributed by atoms with Crippen molar-refractivity contribution in [3.05, 3.63) is 87.9 Å². The van der Waals surface area contributed by atoms with E-state index in [1.165, 1.54) is 0 Å². The standard InChI is InChI=1S/C26H29N3O2S/c1-19-8-10-20(11-9-19)18-29(24(30)17-23-7-4-16-32-23)25(21-12-14-27-15-13-21)26(31)28-22-5-2-3-6-22/h4,7-16,22,25H,2-3,5-6,17-18H2,1H3,(H,28,31)/t25-/m1/s1. The molecule has 1 aliphatic rings. The van der Waals surface area contributed by atoms with Crippen molar-refractivity contribution in [2.45, 2.75) is 57.7 Å². The maximum Gasteiger partial charge on any atom is 0.247 e. The Hall–Kier alpha value is -2.99. The number of aromatic nitrogens is 1. The van der Waals surface area contributed by atoms with Crippen LogP contribution in [0.5, 0.6) is 0 Å². The van der Waals surface area contributed by atoms with Crippen molar-refractivity contribution >= 4 is 23.2 Å². The third-order valence-corrected chi connectivity index (χ3v) is 6.86. The smallest absolute Gasteiger partial charge is 0.247 e. The van der Waals surface area contributed by atoms with Crippen LogP contribution in [0, 0.1) is 6.92 Å². The number of pyridine rings is 1. The molecule has 1 aromatic carbocycles. The van der Waals surface area contributed by atoms with Crippen molar-refractivity contribution in [1.82, 2.24) is 15.2 Å². The van der Waals surface area contributed by atoms with Crippen LogP contribution in [0.4, 0.5) is 0 Å². The summed E-state index contributed by atoms with van der Waals surface area (Å²) in [7, 11) is 0. The Balaban J connectivity index is 1.67. The molecule has 6 heteroatoms. The summed E-state index contributed by atoms with van der Waals surface area (Å²) in [6, 6.07) is 15.2. The highest BCUT2D eigenvalue weighted by Crippen LogP contribution is 2.27. The van der Waals surface area contributed by atoms with Crippen LogP contribution < -0.4 is 5.32 Å². The quantitative estimate of drug-likeness (QED) is 0.538. The average Bonchev–Trinajstić information content (AvgIpc) is 3.50. The second kappa shape index (κ2) is 10.6. The molecule has 0 radical (unpaired) electrons. The summed E-state index contributed by atoms with van der Waals surface area (Å²) in [5.74, 6) is -0.175. The molecule has 2 amide bonds. The number of aryl methyl sites for hydroxylation is 1. The first kappa shape index (κ1) is 22.2. The number of amides is 2. The third-order valence-electron chi connectivity index (χ3n) is 5.98. The van der Waals surface area contributed by atoms with Crippen LogP contribution in [-0.2, 0) is 22.6 Å². The van der Waals surface area contributed by atoms with Crippen LogP contribution in [0.2, 0.25) is 0 Å². The molecule has 1 fully saturated rings. The number of benzene rings is 1. The highest BCUT2D eigenvalue weighted by molar-refractivity contribution is 7.10. The molecular weight excluding hydrogens is 418 g/mol. The summed E-state index contributed by atoms with van der Waals surface area (Å²) >= 11 is 1.56. The van der Waals surface area contributed by atoms with Crippen molar-refractivity contribution in [3.8, 4) is 0 Å². The predicted molar refractivity (Wildman–Crippen MR) is 127 cm³/mol. The van der Waals surface area contributed by atoms with Crippen LogP contribution in [0.3, 0.4) is 0 Å². The number of thiophene rings is 1. The van der Waals surface area contributed by atoms with Crippen LogP contribution in [0.25, 0.3) is 0 Å². The zero-order chi connectivity index (χ0) is 22.3. The highest BCUT2D eigenvalue weighted by Gasteiger charge is 2.33. The number of hydrogen-bond acceptors (Lipinski definition) is 4. The van der Waals surface area contributed by atoms with Gasteiger partial charge in [0.1, 0.15) is 6.04 Å². The topological polar surface area (TPSA) is 62.3 Å². The van der Waals surface area contributed by atoms with E-state index in [1.54, 1.807) is 28.6 Å². The highest BCUT2D eigenvalue weighted by atomic mass is 32.1. The first-order valence-corrected chi connectivity index (χ1v) is 12.1. The lowest BCUT2D eigenvalue weighted by molar-refractivity contribution is -0.141. The molecule has 0 aliphatic heterocycles. The number of carbonyl (C=O) groups is 2. The molecule has 2 heterocycles. The SMILES string of the molecule is Cc1ccc(CN(C(=O)Cc2cccs2)[C@@H](C(=O)NC2CCCC2)c2ccncc2)cc1. The van der Waals surface area contributed by atoms with E-state index in [9.17, 15) is 9.59 Å². The van der Waals surface area contributed by atoms with Crippen molar-refractivity contribution in [1.29, 1.82) is 0 Å². The Kier molecular flexibility index (Phi) is 7.32. The first-order valence-electron chi connectivity index (χ1n) is 11.2. The fraction of sp³-hybridized carbons (Fsp3) is 0.346.